The molecule has 1 amide bonds. The number of nitrogens with one attached hydrogen (secondary N) is 2. The van der Waals surface area contributed by atoms with E-state index in [0.717, 1.165) is 11.4 Å². The minimum atomic E-state index is -0.00515. The van der Waals surface area contributed by atoms with Gasteiger partial charge in [-0.2, -0.15) is 0 Å². The van der Waals surface area contributed by atoms with E-state index < -0.39 is 0 Å². The summed E-state index contributed by atoms with van der Waals surface area (Å²) in [6.07, 6.45) is 0.440. The Morgan fingerprint density at radius 3 is 3.00 bits per heavy atom. The molecule has 1 aromatic rings. The van der Waals surface area contributed by atoms with Gasteiger partial charge in [0, 0.05) is 18.5 Å². The second kappa shape index (κ2) is 3.21. The molecule has 14 heavy (non-hydrogen) atoms. The molecule has 1 aliphatic rings. The highest BCUT2D eigenvalue weighted by Crippen LogP contribution is 2.29. The van der Waals surface area contributed by atoms with Gasteiger partial charge in [0.15, 0.2) is 0 Å². The number of anilines is 2. The maximum absolute atomic E-state index is 11.3. The third-order valence-electron chi connectivity index (χ3n) is 2.17. The Balaban J connectivity index is 2.41. The molecule has 0 aromatic heterocycles. The molecule has 4 nitrogen and oxygen atoms in total. The SMILES string of the molecule is C[C@H]1CC(=O)Nc2ccc(O)cc2N1. The Labute approximate surface area is 81.9 Å². The molecule has 0 saturated carbocycles. The number of amides is 1. The van der Waals surface area contributed by atoms with Crippen molar-refractivity contribution >= 4 is 17.3 Å². The summed E-state index contributed by atoms with van der Waals surface area (Å²) < 4.78 is 0. The number of phenols is 1. The predicted octanol–water partition coefficient (Wildman–Crippen LogP) is 1.53. The van der Waals surface area contributed by atoms with Crippen LogP contribution in [-0.2, 0) is 4.79 Å². The van der Waals surface area contributed by atoms with Gasteiger partial charge in [-0.1, -0.05) is 0 Å². The highest BCUT2D eigenvalue weighted by atomic mass is 16.3. The lowest BCUT2D eigenvalue weighted by atomic mass is 10.2. The molecule has 0 spiro atoms. The first kappa shape index (κ1) is 8.87. The number of aromatic hydroxyl groups is 1. The summed E-state index contributed by atoms with van der Waals surface area (Å²) in [6, 6.07) is 4.93. The van der Waals surface area contributed by atoms with E-state index in [2.05, 4.69) is 10.6 Å². The molecule has 1 atom stereocenters. The zero-order chi connectivity index (χ0) is 10.1. The molecule has 0 saturated heterocycles. The average molecular weight is 192 g/mol. The van der Waals surface area contributed by atoms with Crippen LogP contribution >= 0.6 is 0 Å². The summed E-state index contributed by atoms with van der Waals surface area (Å²) in [5.41, 5.74) is 1.49. The van der Waals surface area contributed by atoms with E-state index in [-0.39, 0.29) is 17.7 Å². The summed E-state index contributed by atoms with van der Waals surface area (Å²) in [5.74, 6) is 0.189. The van der Waals surface area contributed by atoms with Gasteiger partial charge < -0.3 is 15.7 Å². The normalized spacial score (nSPS) is 20.4. The largest absolute Gasteiger partial charge is 0.508 e. The Hall–Kier alpha value is -1.71. The zero-order valence-corrected chi connectivity index (χ0v) is 7.87. The second-order valence-corrected chi connectivity index (χ2v) is 3.53. The van der Waals surface area contributed by atoms with E-state index in [1.807, 2.05) is 6.92 Å². The van der Waals surface area contributed by atoms with Crippen molar-refractivity contribution in [2.75, 3.05) is 10.6 Å². The van der Waals surface area contributed by atoms with E-state index in [0.29, 0.717) is 6.42 Å². The van der Waals surface area contributed by atoms with Crippen molar-refractivity contribution in [2.45, 2.75) is 19.4 Å². The van der Waals surface area contributed by atoms with Gasteiger partial charge in [-0.3, -0.25) is 4.79 Å². The van der Waals surface area contributed by atoms with Gasteiger partial charge in [-0.15, -0.1) is 0 Å². The number of phenolic OH excluding ortho intramolecular Hbond substituents is 1. The van der Waals surface area contributed by atoms with Gasteiger partial charge in [0.25, 0.3) is 0 Å². The quantitative estimate of drug-likeness (QED) is 0.546. The molecule has 2 rings (SSSR count). The Bertz CT molecular complexity index is 376. The summed E-state index contributed by atoms with van der Waals surface area (Å²) >= 11 is 0. The molecule has 0 unspecified atom stereocenters. The van der Waals surface area contributed by atoms with Crippen LogP contribution in [0.5, 0.6) is 5.75 Å². The van der Waals surface area contributed by atoms with Gasteiger partial charge >= 0.3 is 0 Å². The lowest BCUT2D eigenvalue weighted by molar-refractivity contribution is -0.116. The summed E-state index contributed by atoms with van der Waals surface area (Å²) in [5, 5.41) is 15.2. The van der Waals surface area contributed by atoms with E-state index in [4.69, 9.17) is 0 Å². The number of fused-ring (bicyclic) bond motifs is 1. The summed E-state index contributed by atoms with van der Waals surface area (Å²) in [7, 11) is 0. The maximum Gasteiger partial charge on any atom is 0.226 e. The Morgan fingerprint density at radius 1 is 1.43 bits per heavy atom. The molecule has 74 valence electrons. The Kier molecular flexibility index (Phi) is 2.04. The summed E-state index contributed by atoms with van der Waals surface area (Å²) in [6.45, 7) is 1.93. The minimum Gasteiger partial charge on any atom is -0.508 e. The van der Waals surface area contributed by atoms with Crippen LogP contribution in [0.4, 0.5) is 11.4 Å². The van der Waals surface area contributed by atoms with Crippen molar-refractivity contribution in [2.24, 2.45) is 0 Å². The number of carbonyl (C=O) groups is 1. The fraction of sp³-hybridized carbons (Fsp3) is 0.300. The molecule has 0 radical (unpaired) electrons. The highest BCUT2D eigenvalue weighted by Gasteiger charge is 2.17. The Morgan fingerprint density at radius 2 is 2.21 bits per heavy atom. The van der Waals surface area contributed by atoms with Crippen LogP contribution in [0.15, 0.2) is 18.2 Å². The third kappa shape index (κ3) is 1.64. The molecular weight excluding hydrogens is 180 g/mol. The predicted molar refractivity (Wildman–Crippen MR) is 54.4 cm³/mol. The number of hydrogen-bond donors (Lipinski definition) is 3. The fourth-order valence-corrected chi connectivity index (χ4v) is 1.56. The van der Waals surface area contributed by atoms with Crippen molar-refractivity contribution in [1.29, 1.82) is 0 Å². The van der Waals surface area contributed by atoms with Crippen LogP contribution in [0.2, 0.25) is 0 Å². The molecule has 4 heteroatoms. The van der Waals surface area contributed by atoms with Crippen molar-refractivity contribution in [1.82, 2.24) is 0 Å². The molecule has 0 fully saturated rings. The smallest absolute Gasteiger partial charge is 0.226 e. The minimum absolute atomic E-state index is 0.00515. The number of hydrogen-bond acceptors (Lipinski definition) is 3. The first-order chi connectivity index (χ1) is 6.65. The lowest BCUT2D eigenvalue weighted by Crippen LogP contribution is -2.18. The van der Waals surface area contributed by atoms with E-state index in [9.17, 15) is 9.90 Å². The first-order valence-corrected chi connectivity index (χ1v) is 4.54. The molecule has 1 aliphatic heterocycles. The second-order valence-electron chi connectivity index (χ2n) is 3.53. The van der Waals surface area contributed by atoms with Gasteiger partial charge in [0.1, 0.15) is 5.75 Å². The van der Waals surface area contributed by atoms with Crippen LogP contribution in [0.1, 0.15) is 13.3 Å². The van der Waals surface area contributed by atoms with Crippen molar-refractivity contribution in [3.05, 3.63) is 18.2 Å². The third-order valence-corrected chi connectivity index (χ3v) is 2.17. The van der Waals surface area contributed by atoms with Crippen LogP contribution < -0.4 is 10.6 Å². The number of benzene rings is 1. The zero-order valence-electron chi connectivity index (χ0n) is 7.87. The van der Waals surface area contributed by atoms with Crippen LogP contribution in [0.3, 0.4) is 0 Å². The van der Waals surface area contributed by atoms with Crippen LogP contribution in [0.25, 0.3) is 0 Å². The molecular formula is C10H12N2O2. The molecule has 1 heterocycles. The van der Waals surface area contributed by atoms with Gasteiger partial charge in [0.2, 0.25) is 5.91 Å². The molecule has 1 aromatic carbocycles. The fourth-order valence-electron chi connectivity index (χ4n) is 1.56. The van der Waals surface area contributed by atoms with Gasteiger partial charge in [-0.25, -0.2) is 0 Å². The lowest BCUT2D eigenvalue weighted by Gasteiger charge is -2.11. The average Bonchev–Trinajstić information content (AvgIpc) is 2.21. The van der Waals surface area contributed by atoms with Gasteiger partial charge in [0.05, 0.1) is 11.4 Å². The number of rotatable bonds is 0. The van der Waals surface area contributed by atoms with Crippen molar-refractivity contribution in [3.8, 4) is 5.75 Å². The van der Waals surface area contributed by atoms with Crippen LogP contribution in [0, 0.1) is 0 Å². The van der Waals surface area contributed by atoms with Crippen molar-refractivity contribution in [3.63, 3.8) is 0 Å². The summed E-state index contributed by atoms with van der Waals surface area (Å²) in [4.78, 5) is 11.3. The number of carbonyl (C=O) groups excluding carboxylic acids is 1. The van der Waals surface area contributed by atoms with E-state index in [1.165, 1.54) is 0 Å². The molecule has 3 N–H and O–H groups in total. The maximum atomic E-state index is 11.3. The standard InChI is InChI=1S/C10H12N2O2/c1-6-4-10(14)12-8-3-2-7(13)5-9(8)11-6/h2-3,5-6,11,13H,4H2,1H3,(H,12,14)/t6-/m0/s1. The van der Waals surface area contributed by atoms with Crippen LogP contribution in [-0.4, -0.2) is 17.1 Å². The highest BCUT2D eigenvalue weighted by molar-refractivity contribution is 5.96. The molecule has 0 bridgehead atoms. The first-order valence-electron chi connectivity index (χ1n) is 4.54. The van der Waals surface area contributed by atoms with E-state index >= 15 is 0 Å². The molecule has 0 aliphatic carbocycles. The van der Waals surface area contributed by atoms with E-state index in [1.54, 1.807) is 18.2 Å². The monoisotopic (exact) mass is 192 g/mol. The van der Waals surface area contributed by atoms with Crippen molar-refractivity contribution < 1.29 is 9.90 Å². The van der Waals surface area contributed by atoms with Gasteiger partial charge in [-0.05, 0) is 19.1 Å². The topological polar surface area (TPSA) is 61.4 Å².